The molecule has 0 radical (unpaired) electrons. The number of ether oxygens (including phenoxy) is 2. The number of benzene rings is 1. The zero-order valence-electron chi connectivity index (χ0n) is 17.9. The van der Waals surface area contributed by atoms with E-state index in [9.17, 15) is 4.79 Å². The molecule has 1 aliphatic carbocycles. The molecule has 0 aliphatic heterocycles. The summed E-state index contributed by atoms with van der Waals surface area (Å²) in [6.07, 6.45) is 7.97. The highest BCUT2D eigenvalue weighted by Gasteiger charge is 2.18. The van der Waals surface area contributed by atoms with Crippen molar-refractivity contribution < 1.29 is 14.3 Å². The van der Waals surface area contributed by atoms with Gasteiger partial charge in [-0.15, -0.1) is 0 Å². The van der Waals surface area contributed by atoms with E-state index in [1.54, 1.807) is 13.2 Å². The lowest BCUT2D eigenvalue weighted by Gasteiger charge is -2.26. The molecule has 1 aromatic rings. The van der Waals surface area contributed by atoms with Crippen molar-refractivity contribution >= 4 is 12.0 Å². The Labute approximate surface area is 170 Å². The number of hydrogen-bond donors (Lipinski definition) is 1. The van der Waals surface area contributed by atoms with E-state index in [1.807, 2.05) is 24.3 Å². The van der Waals surface area contributed by atoms with Gasteiger partial charge in [0, 0.05) is 18.7 Å². The van der Waals surface area contributed by atoms with E-state index >= 15 is 0 Å². The van der Waals surface area contributed by atoms with Crippen LogP contribution in [-0.2, 0) is 4.79 Å². The topological polar surface area (TPSA) is 50.8 Å². The lowest BCUT2D eigenvalue weighted by atomic mass is 9.87. The van der Waals surface area contributed by atoms with Gasteiger partial charge in [-0.25, -0.2) is 0 Å². The Morgan fingerprint density at radius 2 is 1.89 bits per heavy atom. The number of amides is 1. The van der Waals surface area contributed by atoms with Gasteiger partial charge in [-0.2, -0.15) is 0 Å². The summed E-state index contributed by atoms with van der Waals surface area (Å²) in [5.74, 6) is 2.16. The fourth-order valence-corrected chi connectivity index (χ4v) is 3.56. The predicted octanol–water partition coefficient (Wildman–Crippen LogP) is 4.12. The summed E-state index contributed by atoms with van der Waals surface area (Å²) < 4.78 is 11.3. The first-order valence-corrected chi connectivity index (χ1v) is 10.6. The Balaban J connectivity index is 1.87. The second kappa shape index (κ2) is 11.7. The van der Waals surface area contributed by atoms with Gasteiger partial charge in [0.1, 0.15) is 6.61 Å². The van der Waals surface area contributed by atoms with Gasteiger partial charge < -0.3 is 19.7 Å². The third-order valence-corrected chi connectivity index (χ3v) is 5.54. The summed E-state index contributed by atoms with van der Waals surface area (Å²) in [6.45, 7) is 10.1. The summed E-state index contributed by atoms with van der Waals surface area (Å²) in [7, 11) is 1.64. The number of carbonyl (C=O) groups is 1. The van der Waals surface area contributed by atoms with Crippen LogP contribution in [0.1, 0.15) is 52.0 Å². The summed E-state index contributed by atoms with van der Waals surface area (Å²) in [5, 5.41) is 3.11. The van der Waals surface area contributed by atoms with Gasteiger partial charge in [-0.1, -0.05) is 26.8 Å². The zero-order valence-corrected chi connectivity index (χ0v) is 17.9. The molecule has 0 atom stereocenters. The quantitative estimate of drug-likeness (QED) is 0.613. The van der Waals surface area contributed by atoms with E-state index in [-0.39, 0.29) is 5.91 Å². The highest BCUT2D eigenvalue weighted by Crippen LogP contribution is 2.28. The fourth-order valence-electron chi connectivity index (χ4n) is 3.56. The number of likely N-dealkylation sites (N-methyl/N-ethyl adjacent to an activating group) is 1. The van der Waals surface area contributed by atoms with Crippen molar-refractivity contribution in [3.8, 4) is 11.5 Å². The zero-order chi connectivity index (χ0) is 20.4. The monoisotopic (exact) mass is 388 g/mol. The number of hydrogen-bond acceptors (Lipinski definition) is 4. The molecule has 0 aromatic heterocycles. The lowest BCUT2D eigenvalue weighted by molar-refractivity contribution is -0.117. The minimum Gasteiger partial charge on any atom is -0.493 e. The molecule has 156 valence electrons. The number of rotatable bonds is 10. The smallest absolute Gasteiger partial charge is 0.244 e. The van der Waals surface area contributed by atoms with E-state index in [0.29, 0.717) is 18.4 Å². The minimum absolute atomic E-state index is 0.0296. The Bertz CT molecular complexity index is 633. The van der Waals surface area contributed by atoms with Crippen molar-refractivity contribution in [3.63, 3.8) is 0 Å². The van der Waals surface area contributed by atoms with Crippen LogP contribution in [0.2, 0.25) is 0 Å². The van der Waals surface area contributed by atoms with Crippen molar-refractivity contribution in [2.24, 2.45) is 5.92 Å². The average Bonchev–Trinajstić information content (AvgIpc) is 2.72. The van der Waals surface area contributed by atoms with Gasteiger partial charge in [0.15, 0.2) is 11.5 Å². The first-order chi connectivity index (χ1) is 13.5. The molecule has 0 spiro atoms. The molecule has 1 aromatic carbocycles. The number of nitrogens with one attached hydrogen (secondary N) is 1. The van der Waals surface area contributed by atoms with Crippen LogP contribution in [0.4, 0.5) is 0 Å². The Kier molecular flexibility index (Phi) is 9.35. The summed E-state index contributed by atoms with van der Waals surface area (Å²) in [4.78, 5) is 14.5. The summed E-state index contributed by atoms with van der Waals surface area (Å²) >= 11 is 0. The van der Waals surface area contributed by atoms with Crippen molar-refractivity contribution in [2.75, 3.05) is 33.4 Å². The molecule has 28 heavy (non-hydrogen) atoms. The molecule has 1 saturated carbocycles. The molecule has 2 rings (SSSR count). The molecular formula is C23H36N2O3. The van der Waals surface area contributed by atoms with Crippen LogP contribution in [-0.4, -0.2) is 50.2 Å². The third-order valence-electron chi connectivity index (χ3n) is 5.54. The van der Waals surface area contributed by atoms with Crippen LogP contribution in [0.15, 0.2) is 24.3 Å². The van der Waals surface area contributed by atoms with E-state index in [2.05, 4.69) is 31.0 Å². The van der Waals surface area contributed by atoms with Crippen LogP contribution >= 0.6 is 0 Å². The van der Waals surface area contributed by atoms with Crippen LogP contribution in [0.5, 0.6) is 11.5 Å². The minimum atomic E-state index is -0.0296. The maximum absolute atomic E-state index is 12.2. The summed E-state index contributed by atoms with van der Waals surface area (Å²) in [6, 6.07) is 6.06. The first-order valence-electron chi connectivity index (χ1n) is 10.6. The molecule has 1 fully saturated rings. The highest BCUT2D eigenvalue weighted by atomic mass is 16.5. The van der Waals surface area contributed by atoms with Crippen LogP contribution in [0.25, 0.3) is 6.08 Å². The van der Waals surface area contributed by atoms with E-state index in [4.69, 9.17) is 9.47 Å². The van der Waals surface area contributed by atoms with Gasteiger partial charge >= 0.3 is 0 Å². The van der Waals surface area contributed by atoms with Gasteiger partial charge in [0.2, 0.25) is 5.91 Å². The second-order valence-corrected chi connectivity index (χ2v) is 7.58. The Morgan fingerprint density at radius 3 is 2.54 bits per heavy atom. The molecule has 1 amide bonds. The van der Waals surface area contributed by atoms with Crippen LogP contribution in [0, 0.1) is 5.92 Å². The summed E-state index contributed by atoms with van der Waals surface area (Å²) in [5.41, 5.74) is 0.917. The number of carbonyl (C=O) groups excluding carboxylic acids is 1. The Hall–Kier alpha value is -2.01. The predicted molar refractivity (Wildman–Crippen MR) is 115 cm³/mol. The molecule has 5 nitrogen and oxygen atoms in total. The lowest BCUT2D eigenvalue weighted by Crippen LogP contribution is -2.36. The van der Waals surface area contributed by atoms with Gasteiger partial charge in [0.05, 0.1) is 7.11 Å². The first kappa shape index (κ1) is 22.3. The maximum Gasteiger partial charge on any atom is 0.244 e. The van der Waals surface area contributed by atoms with E-state index < -0.39 is 0 Å². The van der Waals surface area contributed by atoms with E-state index in [1.165, 1.54) is 12.8 Å². The molecule has 1 aliphatic rings. The van der Waals surface area contributed by atoms with Crippen molar-refractivity contribution in [3.05, 3.63) is 29.8 Å². The second-order valence-electron chi connectivity index (χ2n) is 7.58. The van der Waals surface area contributed by atoms with Gasteiger partial charge in [-0.3, -0.25) is 4.79 Å². The van der Waals surface area contributed by atoms with Gasteiger partial charge in [0.25, 0.3) is 0 Å². The van der Waals surface area contributed by atoms with Crippen LogP contribution in [0.3, 0.4) is 0 Å². The fraction of sp³-hybridized carbons (Fsp3) is 0.609. The molecule has 1 N–H and O–H groups in total. The SMILES string of the molecule is CCN(CC)CCOc1ccc(C=CC(=O)N[C@H]2CC[C@H](C)CC2)cc1OC. The van der Waals surface area contributed by atoms with E-state index in [0.717, 1.165) is 49.7 Å². The number of methoxy groups -OCH3 is 1. The number of nitrogens with zero attached hydrogens (tertiary/aromatic N) is 1. The molecule has 5 heteroatoms. The Morgan fingerprint density at radius 1 is 1.18 bits per heavy atom. The van der Waals surface area contributed by atoms with Crippen molar-refractivity contribution in [1.29, 1.82) is 0 Å². The van der Waals surface area contributed by atoms with Gasteiger partial charge in [-0.05, 0) is 68.5 Å². The van der Waals surface area contributed by atoms with Crippen molar-refractivity contribution in [2.45, 2.75) is 52.5 Å². The molecular weight excluding hydrogens is 352 g/mol. The standard InChI is InChI=1S/C23H36N2O3/c1-5-25(6-2)15-16-28-21-13-9-19(17-22(21)27-4)10-14-23(26)24-20-11-7-18(3)8-12-20/h9-10,13-14,17-18,20H,5-8,11-12,15-16H2,1-4H3,(H,24,26)/t18-,20-. The largest absolute Gasteiger partial charge is 0.493 e. The van der Waals surface area contributed by atoms with Crippen molar-refractivity contribution in [1.82, 2.24) is 10.2 Å². The average molecular weight is 389 g/mol. The highest BCUT2D eigenvalue weighted by molar-refractivity contribution is 5.92. The molecule has 0 bridgehead atoms. The third kappa shape index (κ3) is 7.19. The normalized spacial score (nSPS) is 19.8. The molecule has 0 unspecified atom stereocenters. The molecule has 0 heterocycles. The molecule has 0 saturated heterocycles. The maximum atomic E-state index is 12.2. The van der Waals surface area contributed by atoms with Crippen LogP contribution < -0.4 is 14.8 Å².